The van der Waals surface area contributed by atoms with Crippen LogP contribution in [0.2, 0.25) is 0 Å². The largest absolute Gasteiger partial charge is 0.302 e. The van der Waals surface area contributed by atoms with Crippen LogP contribution >= 0.6 is 11.8 Å². The number of nitrogens with one attached hydrogen (secondary N) is 1. The van der Waals surface area contributed by atoms with E-state index < -0.39 is 11.6 Å². The molecule has 1 atom stereocenters. The highest BCUT2D eigenvalue weighted by atomic mass is 32.2. The minimum absolute atomic E-state index is 0.0238. The predicted octanol–water partition coefficient (Wildman–Crippen LogP) is 2.69. The first-order valence-corrected chi connectivity index (χ1v) is 5.62. The molecule has 0 saturated carbocycles. The van der Waals surface area contributed by atoms with Crippen LogP contribution in [0.15, 0.2) is 18.2 Å². The maximum Gasteiger partial charge on any atom is 0.131 e. The molecule has 0 bridgehead atoms. The molecule has 2 rings (SSSR count). The molecule has 1 nitrogen and oxygen atoms in total. The van der Waals surface area contributed by atoms with E-state index in [2.05, 4.69) is 5.32 Å². The lowest BCUT2D eigenvalue weighted by Gasteiger charge is -2.23. The molecule has 14 heavy (non-hydrogen) atoms. The van der Waals surface area contributed by atoms with Gasteiger partial charge in [-0.1, -0.05) is 6.07 Å². The van der Waals surface area contributed by atoms with Crippen LogP contribution in [0.4, 0.5) is 8.78 Å². The third-order valence-corrected chi connectivity index (χ3v) is 3.46. The summed E-state index contributed by atoms with van der Waals surface area (Å²) in [5.41, 5.74) is 0.552. The molecule has 1 unspecified atom stereocenters. The molecule has 4 heteroatoms. The molecular weight excluding hydrogens is 204 g/mol. The number of hydrogen-bond acceptors (Lipinski definition) is 2. The zero-order valence-corrected chi connectivity index (χ0v) is 8.41. The lowest BCUT2D eigenvalue weighted by molar-refractivity contribution is 0.552. The molecule has 76 valence electrons. The molecule has 0 aromatic heterocycles. The van der Waals surface area contributed by atoms with E-state index in [1.54, 1.807) is 11.8 Å². The maximum atomic E-state index is 13.3. The number of benzene rings is 1. The van der Waals surface area contributed by atoms with Crippen LogP contribution in [-0.2, 0) is 0 Å². The summed E-state index contributed by atoms with van der Waals surface area (Å²) in [6.45, 7) is 0.897. The van der Waals surface area contributed by atoms with Gasteiger partial charge in [-0.15, -0.1) is 11.8 Å². The fourth-order valence-electron chi connectivity index (χ4n) is 1.48. The molecule has 1 aromatic carbocycles. The van der Waals surface area contributed by atoms with Crippen LogP contribution in [0, 0.1) is 11.6 Å². The molecule has 1 aromatic rings. The Bertz CT molecular complexity index is 324. The SMILES string of the molecule is Fc1ccc(C2NCCCS2)c(F)c1. The molecule has 1 aliphatic rings. The van der Waals surface area contributed by atoms with Crippen molar-refractivity contribution in [1.29, 1.82) is 0 Å². The molecule has 1 saturated heterocycles. The first-order valence-electron chi connectivity index (χ1n) is 4.57. The molecule has 1 aliphatic heterocycles. The summed E-state index contributed by atoms with van der Waals surface area (Å²) in [7, 11) is 0. The Labute approximate surface area is 85.9 Å². The summed E-state index contributed by atoms with van der Waals surface area (Å²) in [6, 6.07) is 3.75. The van der Waals surface area contributed by atoms with E-state index in [1.165, 1.54) is 12.1 Å². The molecule has 0 spiro atoms. The van der Waals surface area contributed by atoms with E-state index in [0.717, 1.165) is 24.8 Å². The molecule has 1 heterocycles. The Morgan fingerprint density at radius 3 is 2.86 bits per heavy atom. The minimum Gasteiger partial charge on any atom is -0.302 e. The molecular formula is C10H11F2NS. The van der Waals surface area contributed by atoms with Gasteiger partial charge in [-0.25, -0.2) is 8.78 Å². The lowest BCUT2D eigenvalue weighted by atomic mass is 10.2. The summed E-state index contributed by atoms with van der Waals surface area (Å²) in [4.78, 5) is 0. The smallest absolute Gasteiger partial charge is 0.131 e. The Balaban J connectivity index is 2.22. The zero-order chi connectivity index (χ0) is 9.97. The van der Waals surface area contributed by atoms with Crippen molar-refractivity contribution < 1.29 is 8.78 Å². The topological polar surface area (TPSA) is 12.0 Å². The number of hydrogen-bond donors (Lipinski definition) is 1. The minimum atomic E-state index is -0.521. The second-order valence-electron chi connectivity index (χ2n) is 3.22. The summed E-state index contributed by atoms with van der Waals surface area (Å²) >= 11 is 1.66. The van der Waals surface area contributed by atoms with Crippen molar-refractivity contribution in [3.05, 3.63) is 35.4 Å². The van der Waals surface area contributed by atoms with E-state index in [9.17, 15) is 8.78 Å². The first-order chi connectivity index (χ1) is 6.77. The van der Waals surface area contributed by atoms with E-state index in [1.807, 2.05) is 0 Å². The normalized spacial score (nSPS) is 22.3. The fraction of sp³-hybridized carbons (Fsp3) is 0.400. The van der Waals surface area contributed by atoms with E-state index >= 15 is 0 Å². The first kappa shape index (κ1) is 9.93. The van der Waals surface area contributed by atoms with Crippen molar-refractivity contribution in [1.82, 2.24) is 5.32 Å². The molecule has 1 fully saturated rings. The maximum absolute atomic E-state index is 13.3. The van der Waals surface area contributed by atoms with Gasteiger partial charge in [-0.05, 0) is 24.8 Å². The van der Waals surface area contributed by atoms with Gasteiger partial charge in [-0.2, -0.15) is 0 Å². The second-order valence-corrected chi connectivity index (χ2v) is 4.44. The average molecular weight is 215 g/mol. The van der Waals surface area contributed by atoms with Crippen molar-refractivity contribution in [2.45, 2.75) is 11.8 Å². The van der Waals surface area contributed by atoms with Gasteiger partial charge >= 0.3 is 0 Å². The van der Waals surface area contributed by atoms with Gasteiger partial charge in [0.2, 0.25) is 0 Å². The summed E-state index contributed by atoms with van der Waals surface area (Å²) in [6.07, 6.45) is 1.10. The Kier molecular flexibility index (Phi) is 3.03. The highest BCUT2D eigenvalue weighted by molar-refractivity contribution is 7.99. The van der Waals surface area contributed by atoms with Gasteiger partial charge in [0.15, 0.2) is 0 Å². The van der Waals surface area contributed by atoms with Gasteiger partial charge in [0.25, 0.3) is 0 Å². The third kappa shape index (κ3) is 2.07. The van der Waals surface area contributed by atoms with Crippen LogP contribution in [0.3, 0.4) is 0 Å². The Hall–Kier alpha value is -0.610. The van der Waals surface area contributed by atoms with Gasteiger partial charge in [0.05, 0.1) is 5.37 Å². The number of halogens is 2. The summed E-state index contributed by atoms with van der Waals surface area (Å²) < 4.78 is 26.0. The monoisotopic (exact) mass is 215 g/mol. The zero-order valence-electron chi connectivity index (χ0n) is 7.59. The third-order valence-electron chi connectivity index (χ3n) is 2.18. The molecule has 0 radical (unpaired) electrons. The highest BCUT2D eigenvalue weighted by Gasteiger charge is 2.18. The standard InChI is InChI=1S/C10H11F2NS/c11-7-2-3-8(9(12)6-7)10-13-4-1-5-14-10/h2-3,6,10,13H,1,4-5H2. The van der Waals surface area contributed by atoms with E-state index in [-0.39, 0.29) is 5.37 Å². The van der Waals surface area contributed by atoms with Crippen LogP contribution in [0.1, 0.15) is 17.4 Å². The Morgan fingerprint density at radius 2 is 2.21 bits per heavy atom. The fourth-order valence-corrected chi connectivity index (χ4v) is 2.63. The van der Waals surface area contributed by atoms with Crippen LogP contribution in [-0.4, -0.2) is 12.3 Å². The van der Waals surface area contributed by atoms with Crippen LogP contribution in [0.25, 0.3) is 0 Å². The lowest BCUT2D eigenvalue weighted by Crippen LogP contribution is -2.25. The highest BCUT2D eigenvalue weighted by Crippen LogP contribution is 2.31. The van der Waals surface area contributed by atoms with Gasteiger partial charge < -0.3 is 5.32 Å². The van der Waals surface area contributed by atoms with Crippen molar-refractivity contribution in [3.63, 3.8) is 0 Å². The van der Waals surface area contributed by atoms with Crippen molar-refractivity contribution in [2.24, 2.45) is 0 Å². The Morgan fingerprint density at radius 1 is 1.36 bits per heavy atom. The average Bonchev–Trinajstić information content (AvgIpc) is 2.19. The van der Waals surface area contributed by atoms with Gasteiger partial charge in [0.1, 0.15) is 11.6 Å². The van der Waals surface area contributed by atoms with Crippen LogP contribution in [0.5, 0.6) is 0 Å². The van der Waals surface area contributed by atoms with Gasteiger partial charge in [-0.3, -0.25) is 0 Å². The number of thioether (sulfide) groups is 1. The predicted molar refractivity (Wildman–Crippen MR) is 54.2 cm³/mol. The van der Waals surface area contributed by atoms with E-state index in [0.29, 0.717) is 5.56 Å². The van der Waals surface area contributed by atoms with Crippen molar-refractivity contribution in [3.8, 4) is 0 Å². The van der Waals surface area contributed by atoms with Gasteiger partial charge in [0, 0.05) is 11.6 Å². The van der Waals surface area contributed by atoms with E-state index in [4.69, 9.17) is 0 Å². The summed E-state index contributed by atoms with van der Waals surface area (Å²) in [5.74, 6) is 0.0399. The molecule has 0 amide bonds. The molecule has 0 aliphatic carbocycles. The summed E-state index contributed by atoms with van der Waals surface area (Å²) in [5, 5.41) is 3.17. The van der Waals surface area contributed by atoms with Crippen LogP contribution < -0.4 is 5.32 Å². The number of rotatable bonds is 1. The van der Waals surface area contributed by atoms with Crippen molar-refractivity contribution >= 4 is 11.8 Å². The quantitative estimate of drug-likeness (QED) is 0.773. The van der Waals surface area contributed by atoms with Crippen molar-refractivity contribution in [2.75, 3.05) is 12.3 Å². The second kappa shape index (κ2) is 4.28. The molecule has 1 N–H and O–H groups in total.